The monoisotopic (exact) mass is 416 g/mol. The summed E-state index contributed by atoms with van der Waals surface area (Å²) in [6, 6.07) is 19.2. The third-order valence-corrected chi connectivity index (χ3v) is 5.22. The van der Waals surface area contributed by atoms with Gasteiger partial charge in [0.1, 0.15) is 6.17 Å². The van der Waals surface area contributed by atoms with Crippen molar-refractivity contribution in [3.63, 3.8) is 0 Å². The van der Waals surface area contributed by atoms with Crippen molar-refractivity contribution in [2.24, 2.45) is 0 Å². The SMILES string of the molecule is O=C1c2ccccc2C(Nc2cccc(C(F)(F)F)c2)N1Cc1ccccc1Cl. The van der Waals surface area contributed by atoms with Gasteiger partial charge in [-0.15, -0.1) is 0 Å². The fourth-order valence-corrected chi connectivity index (χ4v) is 3.64. The third-order valence-electron chi connectivity index (χ3n) is 4.85. The zero-order valence-electron chi connectivity index (χ0n) is 15.1. The molecule has 3 nitrogen and oxygen atoms in total. The lowest BCUT2D eigenvalue weighted by Gasteiger charge is -2.28. The van der Waals surface area contributed by atoms with Gasteiger partial charge < -0.3 is 10.2 Å². The van der Waals surface area contributed by atoms with Crippen LogP contribution in [-0.4, -0.2) is 10.8 Å². The van der Waals surface area contributed by atoms with Crippen LogP contribution in [0.2, 0.25) is 5.02 Å². The summed E-state index contributed by atoms with van der Waals surface area (Å²) in [5.74, 6) is -0.204. The number of halogens is 4. The van der Waals surface area contributed by atoms with Gasteiger partial charge in [0, 0.05) is 28.4 Å². The summed E-state index contributed by atoms with van der Waals surface area (Å²) in [6.45, 7) is 0.226. The first-order valence-electron chi connectivity index (χ1n) is 8.92. The molecule has 0 radical (unpaired) electrons. The minimum Gasteiger partial charge on any atom is -0.361 e. The molecule has 1 heterocycles. The Hall–Kier alpha value is -2.99. The molecule has 0 spiro atoms. The molecule has 0 saturated heterocycles. The number of amides is 1. The molecule has 3 aromatic rings. The summed E-state index contributed by atoms with van der Waals surface area (Å²) in [5, 5.41) is 3.61. The highest BCUT2D eigenvalue weighted by Crippen LogP contribution is 2.37. The van der Waals surface area contributed by atoms with E-state index in [2.05, 4.69) is 5.32 Å². The van der Waals surface area contributed by atoms with Crippen LogP contribution in [0.4, 0.5) is 18.9 Å². The lowest BCUT2D eigenvalue weighted by molar-refractivity contribution is -0.137. The van der Waals surface area contributed by atoms with Crippen molar-refractivity contribution in [3.05, 3.63) is 100 Å². The molecule has 1 atom stereocenters. The van der Waals surface area contributed by atoms with Crippen LogP contribution in [0, 0.1) is 0 Å². The minimum absolute atomic E-state index is 0.204. The highest BCUT2D eigenvalue weighted by molar-refractivity contribution is 6.31. The molecule has 4 rings (SSSR count). The molecule has 7 heteroatoms. The first-order chi connectivity index (χ1) is 13.8. The van der Waals surface area contributed by atoms with Gasteiger partial charge in [-0.25, -0.2) is 0 Å². The fraction of sp³-hybridized carbons (Fsp3) is 0.136. The number of nitrogens with one attached hydrogen (secondary N) is 1. The van der Waals surface area contributed by atoms with E-state index in [9.17, 15) is 18.0 Å². The van der Waals surface area contributed by atoms with Crippen molar-refractivity contribution < 1.29 is 18.0 Å². The van der Waals surface area contributed by atoms with E-state index in [4.69, 9.17) is 11.6 Å². The number of hydrogen-bond donors (Lipinski definition) is 1. The third kappa shape index (κ3) is 3.80. The van der Waals surface area contributed by atoms with E-state index < -0.39 is 17.9 Å². The van der Waals surface area contributed by atoms with Gasteiger partial charge in [-0.3, -0.25) is 4.79 Å². The molecule has 1 aliphatic heterocycles. The zero-order chi connectivity index (χ0) is 20.6. The maximum absolute atomic E-state index is 13.1. The van der Waals surface area contributed by atoms with Crippen LogP contribution in [-0.2, 0) is 12.7 Å². The Morgan fingerprint density at radius 2 is 1.69 bits per heavy atom. The summed E-state index contributed by atoms with van der Waals surface area (Å²) in [7, 11) is 0. The largest absolute Gasteiger partial charge is 0.416 e. The molecule has 1 unspecified atom stereocenters. The topological polar surface area (TPSA) is 32.3 Å². The summed E-state index contributed by atoms with van der Waals surface area (Å²) < 4.78 is 39.3. The Bertz CT molecular complexity index is 1070. The molecule has 0 bridgehead atoms. The van der Waals surface area contributed by atoms with Gasteiger partial charge in [0.25, 0.3) is 5.91 Å². The summed E-state index contributed by atoms with van der Waals surface area (Å²) >= 11 is 6.26. The van der Waals surface area contributed by atoms with Crippen molar-refractivity contribution >= 4 is 23.2 Å². The Balaban J connectivity index is 1.70. The lowest BCUT2D eigenvalue weighted by Crippen LogP contribution is -2.32. The normalized spacial score (nSPS) is 16.1. The fourth-order valence-electron chi connectivity index (χ4n) is 3.44. The molecule has 3 aromatic carbocycles. The van der Waals surface area contributed by atoms with Crippen molar-refractivity contribution in [2.75, 3.05) is 5.32 Å². The average molecular weight is 417 g/mol. The molecular formula is C22H16ClF3N2O. The molecule has 29 heavy (non-hydrogen) atoms. The van der Waals surface area contributed by atoms with Gasteiger partial charge in [-0.05, 0) is 35.9 Å². The van der Waals surface area contributed by atoms with Gasteiger partial charge in [0.2, 0.25) is 0 Å². The second kappa shape index (κ2) is 7.44. The van der Waals surface area contributed by atoms with Crippen molar-refractivity contribution in [2.45, 2.75) is 18.9 Å². The highest BCUT2D eigenvalue weighted by Gasteiger charge is 2.37. The van der Waals surface area contributed by atoms with Gasteiger partial charge >= 0.3 is 6.18 Å². The second-order valence-corrected chi connectivity index (χ2v) is 7.14. The van der Waals surface area contributed by atoms with Crippen LogP contribution >= 0.6 is 11.6 Å². The van der Waals surface area contributed by atoms with Crippen LogP contribution in [0.15, 0.2) is 72.8 Å². The molecular weight excluding hydrogens is 401 g/mol. The molecule has 148 valence electrons. The van der Waals surface area contributed by atoms with E-state index in [0.29, 0.717) is 16.1 Å². The smallest absolute Gasteiger partial charge is 0.361 e. The van der Waals surface area contributed by atoms with Gasteiger partial charge in [-0.2, -0.15) is 13.2 Å². The average Bonchev–Trinajstić information content (AvgIpc) is 2.95. The van der Waals surface area contributed by atoms with Crippen LogP contribution in [0.25, 0.3) is 0 Å². The lowest BCUT2D eigenvalue weighted by atomic mass is 10.1. The molecule has 0 saturated carbocycles. The maximum Gasteiger partial charge on any atom is 0.416 e. The number of carbonyl (C=O) groups is 1. The molecule has 0 aromatic heterocycles. The Morgan fingerprint density at radius 1 is 0.966 bits per heavy atom. The maximum atomic E-state index is 13.1. The minimum atomic E-state index is -4.45. The summed E-state index contributed by atoms with van der Waals surface area (Å²) in [6.07, 6.45) is -5.06. The van der Waals surface area contributed by atoms with Crippen LogP contribution in [0.3, 0.4) is 0 Å². The molecule has 0 fully saturated rings. The molecule has 1 amide bonds. The molecule has 1 aliphatic rings. The summed E-state index contributed by atoms with van der Waals surface area (Å²) in [4.78, 5) is 14.6. The Morgan fingerprint density at radius 3 is 2.45 bits per heavy atom. The number of anilines is 1. The number of fused-ring (bicyclic) bond motifs is 1. The highest BCUT2D eigenvalue weighted by atomic mass is 35.5. The standard InChI is InChI=1S/C22H16ClF3N2O/c23-19-11-4-1-6-14(19)13-28-20(17-9-2-3-10-18(17)21(28)29)27-16-8-5-7-15(12-16)22(24,25)26/h1-12,20,27H,13H2. The number of alkyl halides is 3. The summed E-state index contributed by atoms with van der Waals surface area (Å²) in [5.41, 5.74) is 1.51. The van der Waals surface area contributed by atoms with Crippen LogP contribution < -0.4 is 5.32 Å². The number of benzene rings is 3. The van der Waals surface area contributed by atoms with E-state index >= 15 is 0 Å². The number of rotatable bonds is 4. The Kier molecular flexibility index (Phi) is 4.96. The van der Waals surface area contributed by atoms with E-state index in [1.165, 1.54) is 6.07 Å². The van der Waals surface area contributed by atoms with E-state index in [-0.39, 0.29) is 18.1 Å². The predicted octanol–water partition coefficient (Wildman–Crippen LogP) is 6.13. The van der Waals surface area contributed by atoms with Crippen molar-refractivity contribution in [1.29, 1.82) is 0 Å². The van der Waals surface area contributed by atoms with Crippen molar-refractivity contribution in [3.8, 4) is 0 Å². The number of carbonyl (C=O) groups excluding carboxylic acids is 1. The number of hydrogen-bond acceptors (Lipinski definition) is 2. The quantitative estimate of drug-likeness (QED) is 0.555. The van der Waals surface area contributed by atoms with Gasteiger partial charge in [0.05, 0.1) is 5.56 Å². The van der Waals surface area contributed by atoms with E-state index in [1.54, 1.807) is 47.4 Å². The van der Waals surface area contributed by atoms with E-state index in [0.717, 1.165) is 17.7 Å². The number of nitrogens with zero attached hydrogens (tertiary/aromatic N) is 1. The molecule has 0 aliphatic carbocycles. The van der Waals surface area contributed by atoms with Crippen LogP contribution in [0.1, 0.15) is 33.2 Å². The Labute approximate surface area is 170 Å². The van der Waals surface area contributed by atoms with Crippen LogP contribution in [0.5, 0.6) is 0 Å². The second-order valence-electron chi connectivity index (χ2n) is 6.74. The van der Waals surface area contributed by atoms with Crippen molar-refractivity contribution in [1.82, 2.24) is 4.90 Å². The van der Waals surface area contributed by atoms with Gasteiger partial charge in [-0.1, -0.05) is 54.1 Å². The van der Waals surface area contributed by atoms with Gasteiger partial charge in [0.15, 0.2) is 0 Å². The first-order valence-corrected chi connectivity index (χ1v) is 9.29. The predicted molar refractivity (Wildman–Crippen MR) is 106 cm³/mol. The zero-order valence-corrected chi connectivity index (χ0v) is 15.8. The molecule has 1 N–H and O–H groups in total. The van der Waals surface area contributed by atoms with E-state index in [1.807, 2.05) is 12.1 Å². The first kappa shape index (κ1) is 19.3.